The van der Waals surface area contributed by atoms with Gasteiger partial charge in [0.05, 0.1) is 35.1 Å². The van der Waals surface area contributed by atoms with Crippen molar-refractivity contribution in [1.82, 2.24) is 9.97 Å². The Hall–Kier alpha value is -6.99. The van der Waals surface area contributed by atoms with E-state index >= 15 is 0 Å². The van der Waals surface area contributed by atoms with Gasteiger partial charge in [0.25, 0.3) is 0 Å². The normalized spacial score (nSPS) is 12.5. The Balaban J connectivity index is 1.00. The predicted molar refractivity (Wildman–Crippen MR) is 314 cm³/mol. The van der Waals surface area contributed by atoms with Crippen LogP contribution in [0.4, 0.5) is 34.1 Å². The van der Waals surface area contributed by atoms with Gasteiger partial charge in [0.15, 0.2) is 0 Å². The second-order valence-electron chi connectivity index (χ2n) is 19.7. The molecule has 3 unspecified atom stereocenters. The lowest BCUT2D eigenvalue weighted by Gasteiger charge is -2.26. The summed E-state index contributed by atoms with van der Waals surface area (Å²) in [4.78, 5) is 40.9. The Labute approximate surface area is 447 Å². The minimum atomic E-state index is -0.375. The van der Waals surface area contributed by atoms with Crippen LogP contribution in [0.1, 0.15) is 103 Å². The molecule has 0 aliphatic carbocycles. The van der Waals surface area contributed by atoms with E-state index in [0.717, 1.165) is 130 Å². The Kier molecular flexibility index (Phi) is 19.5. The number of ketones is 1. The molecule has 9 heteroatoms. The maximum absolute atomic E-state index is 13.2. The van der Waals surface area contributed by atoms with Crippen LogP contribution in [0.25, 0.3) is 33.5 Å². The average molecular weight is 1020 g/mol. The molecule has 0 N–H and O–H groups in total. The van der Waals surface area contributed by atoms with Crippen LogP contribution in [0.5, 0.6) is 0 Å². The average Bonchev–Trinajstić information content (AvgIpc) is 3.46. The molecule has 3 atom stereocenters. The minimum Gasteiger partial charge on any atom is -0.463 e. The van der Waals surface area contributed by atoms with Crippen molar-refractivity contribution in [2.75, 3.05) is 23.0 Å². The minimum absolute atomic E-state index is 0.211. The number of esters is 1. The van der Waals surface area contributed by atoms with Gasteiger partial charge < -0.3 is 19.3 Å². The summed E-state index contributed by atoms with van der Waals surface area (Å²) in [6.07, 6.45) is 10.9. The van der Waals surface area contributed by atoms with E-state index in [-0.39, 0.29) is 23.8 Å². The Bertz CT molecular complexity index is 3040. The first-order valence-corrected chi connectivity index (χ1v) is 27.7. The van der Waals surface area contributed by atoms with Crippen molar-refractivity contribution in [3.63, 3.8) is 0 Å². The SMILES string of the molecule is CCCCCC(C)(P)C(=O)CCc1ccc(N(c2ccccc2)c2ccc(-c3nc4ccccc4nc3-c3ccc(N(c4ccccc4)c4ccc(CCC(=O)OCCOC(CC)CCCC)cc4)cc3)cc2)cc1. The first-order chi connectivity index (χ1) is 36.6. The van der Waals surface area contributed by atoms with Crippen LogP contribution in [0.2, 0.25) is 0 Å². The lowest BCUT2D eigenvalue weighted by Crippen LogP contribution is -2.28. The number of hydrogen-bond donors (Lipinski definition) is 0. The molecule has 386 valence electrons. The van der Waals surface area contributed by atoms with Crippen molar-refractivity contribution >= 4 is 66.2 Å². The van der Waals surface area contributed by atoms with Crippen molar-refractivity contribution in [1.29, 1.82) is 0 Å². The van der Waals surface area contributed by atoms with E-state index < -0.39 is 0 Å². The van der Waals surface area contributed by atoms with Gasteiger partial charge in [0, 0.05) is 63.2 Å². The molecule has 0 radical (unpaired) electrons. The number of fused-ring (bicyclic) bond motifs is 1. The number of benzene rings is 7. The lowest BCUT2D eigenvalue weighted by atomic mass is 9.93. The number of carbonyl (C=O) groups is 2. The number of para-hydroxylation sites is 4. The van der Waals surface area contributed by atoms with E-state index in [9.17, 15) is 9.59 Å². The first kappa shape index (κ1) is 54.3. The highest BCUT2D eigenvalue weighted by Crippen LogP contribution is 2.40. The molecule has 0 spiro atoms. The Morgan fingerprint density at radius 3 is 1.40 bits per heavy atom. The van der Waals surface area contributed by atoms with Gasteiger partial charge in [-0.3, -0.25) is 9.59 Å². The van der Waals surface area contributed by atoms with Crippen LogP contribution in [0.3, 0.4) is 0 Å². The summed E-state index contributed by atoms with van der Waals surface area (Å²) in [5.41, 5.74) is 13.5. The standard InChI is InChI=1S/C66H73N4O4P/c1-5-8-18-46-66(4,75)62(71)44-30-49-26-36-55(37-27-49)69(53-19-12-10-13-20-53)57-40-32-51(33-41-57)64-65(68-61-25-17-16-24-60(61)67-64)52-34-42-58(43-35-52)70(54-21-14-11-15-22-54)56-38-28-50(29-39-56)31-45-63(72)74-48-47-73-59(7-3)23-9-6-2/h10-17,19-22,24-29,32-43,59H,5-9,18,23,30-31,44-48,75H2,1-4H3. The molecule has 1 heterocycles. The molecule has 0 saturated carbocycles. The molecule has 75 heavy (non-hydrogen) atoms. The van der Waals surface area contributed by atoms with Crippen LogP contribution in [0, 0.1) is 0 Å². The summed E-state index contributed by atoms with van der Waals surface area (Å²) in [6.45, 7) is 9.29. The lowest BCUT2D eigenvalue weighted by molar-refractivity contribution is -0.145. The zero-order valence-corrected chi connectivity index (χ0v) is 45.5. The molecule has 7 aromatic carbocycles. The molecule has 0 bridgehead atoms. The number of ether oxygens (including phenoxy) is 2. The summed E-state index contributed by atoms with van der Waals surface area (Å²) in [7, 11) is 2.83. The number of carbonyl (C=O) groups excluding carboxylic acids is 2. The van der Waals surface area contributed by atoms with Crippen molar-refractivity contribution < 1.29 is 19.1 Å². The molecule has 1 aromatic heterocycles. The van der Waals surface area contributed by atoms with Gasteiger partial charge in [-0.2, -0.15) is 0 Å². The number of anilines is 6. The summed E-state index contributed by atoms with van der Waals surface area (Å²) in [6, 6.07) is 62.9. The topological polar surface area (TPSA) is 84.9 Å². The molecule has 8 rings (SSSR count). The third-order valence-corrected chi connectivity index (χ3v) is 14.6. The van der Waals surface area contributed by atoms with Gasteiger partial charge in [-0.05, 0) is 135 Å². The highest BCUT2D eigenvalue weighted by molar-refractivity contribution is 7.21. The Morgan fingerprint density at radius 2 is 0.947 bits per heavy atom. The van der Waals surface area contributed by atoms with Crippen molar-refractivity contribution in [3.05, 3.63) is 193 Å². The number of Topliss-reactive ketones (excluding diaryl/α,β-unsaturated/α-hetero) is 1. The summed E-state index contributed by atoms with van der Waals surface area (Å²) in [5, 5.41) is -0.375. The van der Waals surface area contributed by atoms with E-state index in [1.54, 1.807) is 0 Å². The van der Waals surface area contributed by atoms with E-state index in [1.165, 1.54) is 0 Å². The fraction of sp³-hybridized carbons (Fsp3) is 0.303. The molecule has 0 aliphatic rings. The van der Waals surface area contributed by atoms with Crippen LogP contribution in [-0.2, 0) is 31.9 Å². The van der Waals surface area contributed by atoms with Crippen LogP contribution >= 0.6 is 9.24 Å². The number of hydrogen-bond acceptors (Lipinski definition) is 8. The summed E-state index contributed by atoms with van der Waals surface area (Å²) >= 11 is 0. The third kappa shape index (κ3) is 14.7. The predicted octanol–water partition coefficient (Wildman–Crippen LogP) is 17.1. The summed E-state index contributed by atoms with van der Waals surface area (Å²) in [5.74, 6) is 0.0921. The van der Waals surface area contributed by atoms with Crippen LogP contribution in [0.15, 0.2) is 182 Å². The smallest absolute Gasteiger partial charge is 0.306 e. The van der Waals surface area contributed by atoms with Crippen LogP contribution in [-0.4, -0.2) is 46.2 Å². The van der Waals surface area contributed by atoms with Gasteiger partial charge in [0.2, 0.25) is 0 Å². The van der Waals surface area contributed by atoms with Gasteiger partial charge >= 0.3 is 5.97 Å². The quantitative estimate of drug-likeness (QED) is 0.0286. The van der Waals surface area contributed by atoms with E-state index in [0.29, 0.717) is 38.1 Å². The number of aromatic nitrogens is 2. The van der Waals surface area contributed by atoms with E-state index in [2.05, 4.69) is 192 Å². The fourth-order valence-corrected chi connectivity index (χ4v) is 9.91. The third-order valence-electron chi connectivity index (χ3n) is 14.0. The molecule has 8 aromatic rings. The number of aryl methyl sites for hydroxylation is 2. The molecule has 0 aliphatic heterocycles. The molecule has 0 amide bonds. The van der Waals surface area contributed by atoms with E-state index in [1.807, 2.05) is 36.4 Å². The van der Waals surface area contributed by atoms with E-state index in [4.69, 9.17) is 19.4 Å². The first-order valence-electron chi connectivity index (χ1n) is 27.1. The zero-order valence-electron chi connectivity index (χ0n) is 44.3. The van der Waals surface area contributed by atoms with Crippen molar-refractivity contribution in [2.45, 2.75) is 116 Å². The van der Waals surface area contributed by atoms with Crippen LogP contribution < -0.4 is 9.80 Å². The second-order valence-corrected chi connectivity index (χ2v) is 21.0. The summed E-state index contributed by atoms with van der Waals surface area (Å²) < 4.78 is 11.5. The number of rotatable bonds is 27. The zero-order chi connectivity index (χ0) is 52.4. The van der Waals surface area contributed by atoms with Gasteiger partial charge in [-0.15, -0.1) is 9.24 Å². The monoisotopic (exact) mass is 1020 g/mol. The maximum atomic E-state index is 13.2. The van der Waals surface area contributed by atoms with Crippen molar-refractivity contribution in [3.8, 4) is 22.5 Å². The highest BCUT2D eigenvalue weighted by atomic mass is 31.0. The Morgan fingerprint density at radius 1 is 0.520 bits per heavy atom. The van der Waals surface area contributed by atoms with Gasteiger partial charge in [-0.1, -0.05) is 150 Å². The molecule has 0 saturated heterocycles. The number of unbranched alkanes of at least 4 members (excludes halogenated alkanes) is 3. The fourth-order valence-electron chi connectivity index (χ4n) is 9.56. The molecule has 0 fully saturated rings. The van der Waals surface area contributed by atoms with Gasteiger partial charge in [0.1, 0.15) is 12.4 Å². The molecule has 8 nitrogen and oxygen atoms in total. The molecular formula is C66H73N4O4P. The largest absolute Gasteiger partial charge is 0.463 e. The maximum Gasteiger partial charge on any atom is 0.306 e. The number of nitrogens with zero attached hydrogens (tertiary/aromatic N) is 4. The highest BCUT2D eigenvalue weighted by Gasteiger charge is 2.27. The van der Waals surface area contributed by atoms with Gasteiger partial charge in [-0.25, -0.2) is 9.97 Å². The van der Waals surface area contributed by atoms with Crippen molar-refractivity contribution in [2.24, 2.45) is 0 Å². The molecular weight excluding hydrogens is 944 g/mol. The second kappa shape index (κ2) is 27.0.